The van der Waals surface area contributed by atoms with Gasteiger partial charge in [-0.15, -0.1) is 0 Å². The zero-order valence-corrected chi connectivity index (χ0v) is 8.77. The van der Waals surface area contributed by atoms with Crippen LogP contribution in [0.15, 0.2) is 18.2 Å². The molecule has 0 bridgehead atoms. The van der Waals surface area contributed by atoms with E-state index in [4.69, 9.17) is 5.11 Å². The molecular weight excluding hydrogens is 196 g/mol. The number of hydrogen-bond donors (Lipinski definition) is 2. The lowest BCUT2D eigenvalue weighted by molar-refractivity contribution is 0.311. The number of benzene rings is 1. The van der Waals surface area contributed by atoms with E-state index in [1.807, 2.05) is 6.07 Å². The standard InChI is InChI=1S/C10H12N2OS/c1-7-3-2-4-8-9(7)12-10(14-8)11-5-6-13/h2-4,13H,5-6H2,1H3,(H,11,12). The van der Waals surface area contributed by atoms with Crippen molar-refractivity contribution in [3.05, 3.63) is 23.8 Å². The van der Waals surface area contributed by atoms with Crippen molar-refractivity contribution in [3.8, 4) is 0 Å². The number of aliphatic hydroxyl groups excluding tert-OH is 1. The first kappa shape index (κ1) is 9.43. The quantitative estimate of drug-likeness (QED) is 0.811. The van der Waals surface area contributed by atoms with Crippen LogP contribution >= 0.6 is 11.3 Å². The molecule has 3 nitrogen and oxygen atoms in total. The second-order valence-electron chi connectivity index (χ2n) is 3.09. The van der Waals surface area contributed by atoms with Crippen LogP contribution in [-0.4, -0.2) is 23.2 Å². The maximum atomic E-state index is 8.67. The van der Waals surface area contributed by atoms with E-state index in [0.717, 1.165) is 10.6 Å². The van der Waals surface area contributed by atoms with E-state index in [1.165, 1.54) is 10.3 Å². The molecule has 1 aromatic heterocycles. The molecule has 0 atom stereocenters. The van der Waals surface area contributed by atoms with Crippen LogP contribution in [0.25, 0.3) is 10.2 Å². The maximum absolute atomic E-state index is 8.67. The van der Waals surface area contributed by atoms with Gasteiger partial charge < -0.3 is 10.4 Å². The third-order valence-electron chi connectivity index (χ3n) is 2.01. The Morgan fingerprint density at radius 3 is 3.07 bits per heavy atom. The molecule has 2 aromatic rings. The number of rotatable bonds is 3. The van der Waals surface area contributed by atoms with Gasteiger partial charge in [0.2, 0.25) is 0 Å². The van der Waals surface area contributed by atoms with Crippen LogP contribution in [0.5, 0.6) is 0 Å². The minimum absolute atomic E-state index is 0.134. The first-order valence-corrected chi connectivity index (χ1v) is 5.34. The highest BCUT2D eigenvalue weighted by Crippen LogP contribution is 2.27. The van der Waals surface area contributed by atoms with Crippen molar-refractivity contribution in [3.63, 3.8) is 0 Å². The summed E-state index contributed by atoms with van der Waals surface area (Å²) in [6.07, 6.45) is 0. The van der Waals surface area contributed by atoms with Crippen molar-refractivity contribution < 1.29 is 5.11 Å². The van der Waals surface area contributed by atoms with E-state index in [0.29, 0.717) is 6.54 Å². The van der Waals surface area contributed by atoms with Crippen LogP contribution in [0.1, 0.15) is 5.56 Å². The topological polar surface area (TPSA) is 45.1 Å². The Hall–Kier alpha value is -1.13. The van der Waals surface area contributed by atoms with Crippen LogP contribution in [0.3, 0.4) is 0 Å². The van der Waals surface area contributed by atoms with Crippen molar-refractivity contribution in [1.82, 2.24) is 4.98 Å². The summed E-state index contributed by atoms with van der Waals surface area (Å²) in [5, 5.41) is 12.6. The zero-order chi connectivity index (χ0) is 9.97. The monoisotopic (exact) mass is 208 g/mol. The summed E-state index contributed by atoms with van der Waals surface area (Å²) in [5.74, 6) is 0. The fourth-order valence-electron chi connectivity index (χ4n) is 1.32. The number of aliphatic hydroxyl groups is 1. The zero-order valence-electron chi connectivity index (χ0n) is 7.95. The van der Waals surface area contributed by atoms with Gasteiger partial charge in [-0.1, -0.05) is 23.5 Å². The SMILES string of the molecule is Cc1cccc2sc(NCCO)nc12. The summed E-state index contributed by atoms with van der Waals surface area (Å²) in [4.78, 5) is 4.45. The van der Waals surface area contributed by atoms with E-state index in [9.17, 15) is 0 Å². The van der Waals surface area contributed by atoms with Crippen molar-refractivity contribution in [2.45, 2.75) is 6.92 Å². The number of hydrogen-bond acceptors (Lipinski definition) is 4. The van der Waals surface area contributed by atoms with Gasteiger partial charge in [0.25, 0.3) is 0 Å². The largest absolute Gasteiger partial charge is 0.395 e. The molecule has 0 amide bonds. The number of thiazole rings is 1. The summed E-state index contributed by atoms with van der Waals surface area (Å²) in [7, 11) is 0. The van der Waals surface area contributed by atoms with Gasteiger partial charge in [-0.3, -0.25) is 0 Å². The predicted molar refractivity (Wildman–Crippen MR) is 59.9 cm³/mol. The Labute approximate surface area is 86.4 Å². The van der Waals surface area contributed by atoms with Crippen molar-refractivity contribution >= 4 is 26.7 Å². The fraction of sp³-hybridized carbons (Fsp3) is 0.300. The molecule has 0 saturated heterocycles. The van der Waals surface area contributed by atoms with E-state index in [2.05, 4.69) is 29.4 Å². The highest BCUT2D eigenvalue weighted by Gasteiger charge is 2.04. The normalized spacial score (nSPS) is 10.7. The second-order valence-corrected chi connectivity index (χ2v) is 4.12. The van der Waals surface area contributed by atoms with Crippen molar-refractivity contribution in [2.75, 3.05) is 18.5 Å². The van der Waals surface area contributed by atoms with Gasteiger partial charge in [-0.05, 0) is 18.6 Å². The molecule has 0 unspecified atom stereocenters. The fourth-order valence-corrected chi connectivity index (χ4v) is 2.29. The van der Waals surface area contributed by atoms with E-state index < -0.39 is 0 Å². The summed E-state index contributed by atoms with van der Waals surface area (Å²) in [6, 6.07) is 6.15. The minimum Gasteiger partial charge on any atom is -0.395 e. The molecule has 74 valence electrons. The Balaban J connectivity index is 2.36. The van der Waals surface area contributed by atoms with Gasteiger partial charge in [0.1, 0.15) is 0 Å². The number of nitrogens with one attached hydrogen (secondary N) is 1. The first-order valence-electron chi connectivity index (χ1n) is 4.52. The van der Waals surface area contributed by atoms with Crippen molar-refractivity contribution in [1.29, 1.82) is 0 Å². The van der Waals surface area contributed by atoms with Gasteiger partial charge in [-0.25, -0.2) is 4.98 Å². The number of aryl methyl sites for hydroxylation is 1. The summed E-state index contributed by atoms with van der Waals surface area (Å²) < 4.78 is 1.19. The van der Waals surface area contributed by atoms with Gasteiger partial charge in [0.05, 0.1) is 16.8 Å². The van der Waals surface area contributed by atoms with Gasteiger partial charge in [-0.2, -0.15) is 0 Å². The lowest BCUT2D eigenvalue weighted by Crippen LogP contribution is -2.04. The second kappa shape index (κ2) is 3.94. The molecular formula is C10H12N2OS. The summed E-state index contributed by atoms with van der Waals surface area (Å²) in [5.41, 5.74) is 2.24. The summed E-state index contributed by atoms with van der Waals surface area (Å²) in [6.45, 7) is 2.74. The average Bonchev–Trinajstić information content (AvgIpc) is 2.59. The number of nitrogens with zero attached hydrogens (tertiary/aromatic N) is 1. The molecule has 14 heavy (non-hydrogen) atoms. The van der Waals surface area contributed by atoms with E-state index in [1.54, 1.807) is 11.3 Å². The maximum Gasteiger partial charge on any atom is 0.183 e. The molecule has 0 fully saturated rings. The van der Waals surface area contributed by atoms with Crippen LogP contribution in [0.4, 0.5) is 5.13 Å². The number of aromatic nitrogens is 1. The van der Waals surface area contributed by atoms with Crippen LogP contribution in [0.2, 0.25) is 0 Å². The Morgan fingerprint density at radius 1 is 1.50 bits per heavy atom. The third-order valence-corrected chi connectivity index (χ3v) is 2.99. The predicted octanol–water partition coefficient (Wildman–Crippen LogP) is 2.01. The molecule has 0 aliphatic carbocycles. The van der Waals surface area contributed by atoms with Gasteiger partial charge >= 0.3 is 0 Å². The molecule has 2 N–H and O–H groups in total. The smallest absolute Gasteiger partial charge is 0.183 e. The Kier molecular flexibility index (Phi) is 2.65. The van der Waals surface area contributed by atoms with Gasteiger partial charge in [0.15, 0.2) is 5.13 Å². The summed E-state index contributed by atoms with van der Waals surface area (Å²) >= 11 is 1.62. The highest BCUT2D eigenvalue weighted by molar-refractivity contribution is 7.22. The first-order chi connectivity index (χ1) is 6.81. The Morgan fingerprint density at radius 2 is 2.36 bits per heavy atom. The molecule has 1 aromatic carbocycles. The lowest BCUT2D eigenvalue weighted by Gasteiger charge is -1.95. The molecule has 4 heteroatoms. The molecule has 0 aliphatic heterocycles. The molecule has 2 rings (SSSR count). The highest BCUT2D eigenvalue weighted by atomic mass is 32.1. The average molecular weight is 208 g/mol. The minimum atomic E-state index is 0.134. The van der Waals surface area contributed by atoms with Crippen molar-refractivity contribution in [2.24, 2.45) is 0 Å². The molecule has 0 aliphatic rings. The molecule has 1 heterocycles. The molecule has 0 saturated carbocycles. The van der Waals surface area contributed by atoms with Crippen LogP contribution < -0.4 is 5.32 Å². The number of fused-ring (bicyclic) bond motifs is 1. The van der Waals surface area contributed by atoms with Crippen LogP contribution in [-0.2, 0) is 0 Å². The van der Waals surface area contributed by atoms with E-state index >= 15 is 0 Å². The lowest BCUT2D eigenvalue weighted by atomic mass is 10.2. The van der Waals surface area contributed by atoms with E-state index in [-0.39, 0.29) is 6.61 Å². The van der Waals surface area contributed by atoms with Crippen LogP contribution in [0, 0.1) is 6.92 Å². The Bertz CT molecular complexity index is 439. The molecule has 0 spiro atoms. The molecule has 0 radical (unpaired) electrons. The van der Waals surface area contributed by atoms with Gasteiger partial charge in [0, 0.05) is 6.54 Å². The number of anilines is 1. The third kappa shape index (κ3) is 1.71. The number of para-hydroxylation sites is 1.